The lowest BCUT2D eigenvalue weighted by Crippen LogP contribution is -2.61. The highest BCUT2D eigenvalue weighted by Gasteiger charge is 2.45. The van der Waals surface area contributed by atoms with Crippen molar-refractivity contribution in [3.8, 4) is 0 Å². The molecule has 3 heterocycles. The maximum Gasteiger partial charge on any atom is 0.238 e. The number of para-hydroxylation sites is 2. The lowest BCUT2D eigenvalue weighted by atomic mass is 9.85. The molecule has 2 fully saturated rings. The molecule has 0 bridgehead atoms. The van der Waals surface area contributed by atoms with Crippen LogP contribution in [0.25, 0.3) is 0 Å². The number of aryl methyl sites for hydroxylation is 2. The highest BCUT2D eigenvalue weighted by atomic mass is 16.1. The number of rotatable bonds is 6. The minimum absolute atomic E-state index is 0.114. The molecule has 0 atom stereocenters. The third-order valence-electron chi connectivity index (χ3n) is 7.94. The minimum atomic E-state index is -0.407. The molecule has 5 rings (SSSR count). The van der Waals surface area contributed by atoms with Gasteiger partial charge >= 0.3 is 0 Å². The highest BCUT2D eigenvalue weighted by molar-refractivity contribution is 5.85. The van der Waals surface area contributed by atoms with Crippen LogP contribution in [0.3, 0.4) is 0 Å². The zero-order chi connectivity index (χ0) is 22.0. The second-order valence-corrected chi connectivity index (χ2v) is 9.69. The quantitative estimate of drug-likeness (QED) is 0.756. The van der Waals surface area contributed by atoms with E-state index in [4.69, 9.17) is 5.73 Å². The van der Waals surface area contributed by atoms with Crippen LogP contribution in [0.4, 0.5) is 11.4 Å². The second-order valence-electron chi connectivity index (χ2n) is 9.69. The van der Waals surface area contributed by atoms with E-state index in [1.54, 1.807) is 0 Å². The lowest BCUT2D eigenvalue weighted by molar-refractivity contribution is -0.133. The Morgan fingerprint density at radius 3 is 1.94 bits per heavy atom. The predicted octanol–water partition coefficient (Wildman–Crippen LogP) is 3.73. The number of anilines is 2. The van der Waals surface area contributed by atoms with Gasteiger partial charge in [0.05, 0.1) is 0 Å². The molecule has 0 saturated carbocycles. The number of piperidine rings is 1. The molecule has 3 aliphatic heterocycles. The van der Waals surface area contributed by atoms with Gasteiger partial charge in [0.25, 0.3) is 0 Å². The molecular weight excluding hydrogens is 396 g/mol. The topological polar surface area (TPSA) is 52.8 Å². The number of nitrogens with two attached hydrogens (primary N) is 1. The lowest BCUT2D eigenvalue weighted by Gasteiger charge is -2.45. The van der Waals surface area contributed by atoms with Crippen LogP contribution in [0.5, 0.6) is 0 Å². The molecule has 5 nitrogen and oxygen atoms in total. The number of fused-ring (bicyclic) bond motifs is 2. The van der Waals surface area contributed by atoms with Crippen molar-refractivity contribution in [1.82, 2.24) is 9.80 Å². The molecule has 2 saturated heterocycles. The Morgan fingerprint density at radius 2 is 1.38 bits per heavy atom. The van der Waals surface area contributed by atoms with Gasteiger partial charge in [0.2, 0.25) is 5.91 Å². The highest BCUT2D eigenvalue weighted by Crippen LogP contribution is 2.36. The molecule has 3 aliphatic rings. The van der Waals surface area contributed by atoms with Crippen LogP contribution >= 0.6 is 0 Å². The summed E-state index contributed by atoms with van der Waals surface area (Å²) in [5.41, 5.74) is 11.1. The molecule has 0 aliphatic carbocycles. The number of hydrogen-bond donors (Lipinski definition) is 1. The largest absolute Gasteiger partial charge is 0.368 e. The molecule has 170 valence electrons. The summed E-state index contributed by atoms with van der Waals surface area (Å²) in [5.74, 6) is -0.114. The summed E-state index contributed by atoms with van der Waals surface area (Å²) in [6.07, 6.45) is 7.43. The normalized spacial score (nSPS) is 21.1. The molecule has 32 heavy (non-hydrogen) atoms. The fraction of sp³-hybridized carbons (Fsp3) is 0.519. The summed E-state index contributed by atoms with van der Waals surface area (Å²) in [4.78, 5) is 19.8. The Kier molecular flexibility index (Phi) is 6.20. The van der Waals surface area contributed by atoms with E-state index in [1.807, 2.05) is 0 Å². The van der Waals surface area contributed by atoms with Crippen LogP contribution in [0.1, 0.15) is 43.2 Å². The van der Waals surface area contributed by atoms with Gasteiger partial charge in [0.15, 0.2) is 0 Å². The standard InChI is InChI=1S/C27H36N4O/c28-26(32)27(30-17-5-6-18-30)14-20-29(21-15-27)16-7-19-31-24-10-3-1-8-22(24)12-13-23-9-2-4-11-25(23)31/h1-4,8-11H,5-7,12-21H2,(H2,28,32). The van der Waals surface area contributed by atoms with Gasteiger partial charge < -0.3 is 15.5 Å². The first-order chi connectivity index (χ1) is 15.7. The summed E-state index contributed by atoms with van der Waals surface area (Å²) in [6, 6.07) is 17.7. The van der Waals surface area contributed by atoms with E-state index in [1.165, 1.54) is 35.3 Å². The summed E-state index contributed by atoms with van der Waals surface area (Å²) in [6.45, 7) is 6.06. The van der Waals surface area contributed by atoms with Crippen molar-refractivity contribution in [3.63, 3.8) is 0 Å². The smallest absolute Gasteiger partial charge is 0.238 e. The number of amides is 1. The molecule has 2 N–H and O–H groups in total. The second kappa shape index (κ2) is 9.24. The van der Waals surface area contributed by atoms with Crippen LogP contribution in [0.15, 0.2) is 48.5 Å². The molecule has 0 radical (unpaired) electrons. The van der Waals surface area contributed by atoms with Gasteiger partial charge in [-0.05, 0) is 87.8 Å². The van der Waals surface area contributed by atoms with Gasteiger partial charge in [-0.1, -0.05) is 36.4 Å². The maximum absolute atomic E-state index is 12.4. The molecule has 0 aromatic heterocycles. The van der Waals surface area contributed by atoms with E-state index in [-0.39, 0.29) is 5.91 Å². The number of carbonyl (C=O) groups excluding carboxylic acids is 1. The molecule has 2 aromatic carbocycles. The van der Waals surface area contributed by atoms with Crippen LogP contribution in [0.2, 0.25) is 0 Å². The fourth-order valence-electron chi connectivity index (χ4n) is 6.07. The number of nitrogens with zero attached hydrogens (tertiary/aromatic N) is 3. The Hall–Kier alpha value is -2.37. The first kappa shape index (κ1) is 21.5. The molecule has 0 unspecified atom stereocenters. The SMILES string of the molecule is NC(=O)C1(N2CCCC2)CCN(CCCN2c3ccccc3CCc3ccccc32)CC1. The van der Waals surface area contributed by atoms with Gasteiger partial charge in [-0.15, -0.1) is 0 Å². The van der Waals surface area contributed by atoms with Crippen LogP contribution in [-0.2, 0) is 17.6 Å². The number of carbonyl (C=O) groups is 1. The van der Waals surface area contributed by atoms with E-state index in [2.05, 4.69) is 63.2 Å². The van der Waals surface area contributed by atoms with Crippen molar-refractivity contribution in [3.05, 3.63) is 59.7 Å². The van der Waals surface area contributed by atoms with Crippen molar-refractivity contribution in [1.29, 1.82) is 0 Å². The third-order valence-corrected chi connectivity index (χ3v) is 7.94. The average Bonchev–Trinajstić information content (AvgIpc) is 3.32. The van der Waals surface area contributed by atoms with Crippen LogP contribution < -0.4 is 10.6 Å². The molecule has 5 heteroatoms. The van der Waals surface area contributed by atoms with Crippen molar-refractivity contribution < 1.29 is 4.79 Å². The first-order valence-corrected chi connectivity index (χ1v) is 12.4. The van der Waals surface area contributed by atoms with Gasteiger partial charge in [-0.3, -0.25) is 9.69 Å². The fourth-order valence-corrected chi connectivity index (χ4v) is 6.07. The Labute approximate surface area is 192 Å². The summed E-state index contributed by atoms with van der Waals surface area (Å²) in [5, 5.41) is 0. The number of hydrogen-bond acceptors (Lipinski definition) is 4. The monoisotopic (exact) mass is 432 g/mol. The van der Waals surface area contributed by atoms with Gasteiger partial charge in [-0.25, -0.2) is 0 Å². The van der Waals surface area contributed by atoms with Gasteiger partial charge in [0.1, 0.15) is 5.54 Å². The van der Waals surface area contributed by atoms with E-state index in [0.717, 1.165) is 71.4 Å². The van der Waals surface area contributed by atoms with Crippen molar-refractivity contribution in [2.75, 3.05) is 44.2 Å². The average molecular weight is 433 g/mol. The van der Waals surface area contributed by atoms with Crippen molar-refractivity contribution in [2.24, 2.45) is 5.73 Å². The van der Waals surface area contributed by atoms with Gasteiger partial charge in [-0.2, -0.15) is 0 Å². The summed E-state index contributed by atoms with van der Waals surface area (Å²) in [7, 11) is 0. The van der Waals surface area contributed by atoms with Crippen molar-refractivity contribution >= 4 is 17.3 Å². The van der Waals surface area contributed by atoms with E-state index < -0.39 is 5.54 Å². The third kappa shape index (κ3) is 4.04. The zero-order valence-corrected chi connectivity index (χ0v) is 19.1. The number of benzene rings is 2. The molecule has 0 spiro atoms. The van der Waals surface area contributed by atoms with Crippen LogP contribution in [-0.4, -0.2) is 60.5 Å². The zero-order valence-electron chi connectivity index (χ0n) is 19.1. The van der Waals surface area contributed by atoms with Gasteiger partial charge in [0, 0.05) is 31.0 Å². The first-order valence-electron chi connectivity index (χ1n) is 12.4. The molecular formula is C27H36N4O. The van der Waals surface area contributed by atoms with E-state index in [9.17, 15) is 4.79 Å². The number of likely N-dealkylation sites (tertiary alicyclic amines) is 2. The Bertz CT molecular complexity index is 897. The minimum Gasteiger partial charge on any atom is -0.368 e. The van der Waals surface area contributed by atoms with E-state index in [0.29, 0.717) is 0 Å². The Morgan fingerprint density at radius 1 is 0.812 bits per heavy atom. The maximum atomic E-state index is 12.4. The van der Waals surface area contributed by atoms with Crippen LogP contribution in [0, 0.1) is 0 Å². The van der Waals surface area contributed by atoms with Crippen molar-refractivity contribution in [2.45, 2.75) is 50.5 Å². The number of primary amides is 1. The summed E-state index contributed by atoms with van der Waals surface area (Å²) >= 11 is 0. The van der Waals surface area contributed by atoms with E-state index >= 15 is 0 Å². The molecule has 2 aromatic rings. The summed E-state index contributed by atoms with van der Waals surface area (Å²) < 4.78 is 0. The predicted molar refractivity (Wildman–Crippen MR) is 130 cm³/mol. The Balaban J connectivity index is 1.23. The molecule has 1 amide bonds.